The lowest BCUT2D eigenvalue weighted by Crippen LogP contribution is -2.24. The van der Waals surface area contributed by atoms with Gasteiger partial charge in [0.15, 0.2) is 5.78 Å². The lowest BCUT2D eigenvalue weighted by atomic mass is 10.0. The van der Waals surface area contributed by atoms with Crippen LogP contribution in [0, 0.1) is 5.82 Å². The molecule has 0 amide bonds. The van der Waals surface area contributed by atoms with Crippen molar-refractivity contribution in [1.29, 1.82) is 0 Å². The number of Topliss-reactive ketones (excluding diaryl/α,β-unsaturated/α-hetero) is 1. The van der Waals surface area contributed by atoms with Crippen LogP contribution in [0.25, 0.3) is 10.4 Å². The van der Waals surface area contributed by atoms with Crippen molar-refractivity contribution in [2.45, 2.75) is 19.4 Å². The molecule has 5 heteroatoms. The van der Waals surface area contributed by atoms with Gasteiger partial charge in [-0.15, -0.1) is 11.3 Å². The van der Waals surface area contributed by atoms with Crippen LogP contribution in [-0.4, -0.2) is 18.4 Å². The van der Waals surface area contributed by atoms with Crippen molar-refractivity contribution in [1.82, 2.24) is 0 Å². The smallest absolute Gasteiger partial charge is 0.169 e. The predicted molar refractivity (Wildman–Crippen MR) is 76.9 cm³/mol. The first-order valence-electron chi connectivity index (χ1n) is 6.38. The number of hydrogen-bond donors (Lipinski definition) is 1. The lowest BCUT2D eigenvalue weighted by Gasteiger charge is -2.09. The van der Waals surface area contributed by atoms with Gasteiger partial charge in [0.25, 0.3) is 0 Å². The van der Waals surface area contributed by atoms with E-state index in [2.05, 4.69) is 0 Å². The molecule has 0 unspecified atom stereocenters. The molecule has 2 N–H and O–H groups in total. The molecule has 0 saturated carbocycles. The van der Waals surface area contributed by atoms with E-state index in [0.717, 1.165) is 10.4 Å². The topological polar surface area (TPSA) is 52.3 Å². The summed E-state index contributed by atoms with van der Waals surface area (Å²) in [6.07, 6.45) is 0.527. The summed E-state index contributed by atoms with van der Waals surface area (Å²) in [6, 6.07) is 6.53. The third-order valence-corrected chi connectivity index (χ3v) is 4.56. The Morgan fingerprint density at radius 1 is 1.50 bits per heavy atom. The highest BCUT2D eigenvalue weighted by atomic mass is 32.1. The molecule has 2 aromatic rings. The Balaban J connectivity index is 2.08. The Hall–Kier alpha value is -1.72. The zero-order valence-corrected chi connectivity index (χ0v) is 11.8. The molecule has 20 heavy (non-hydrogen) atoms. The maximum atomic E-state index is 13.8. The number of ketones is 1. The number of carbonyl (C=O) groups is 1. The van der Waals surface area contributed by atoms with Crippen molar-refractivity contribution in [2.75, 3.05) is 6.54 Å². The zero-order valence-electron chi connectivity index (χ0n) is 11.0. The van der Waals surface area contributed by atoms with Crippen LogP contribution in [0.4, 0.5) is 4.39 Å². The van der Waals surface area contributed by atoms with Gasteiger partial charge in [-0.1, -0.05) is 0 Å². The number of fused-ring (bicyclic) bond motifs is 1. The van der Waals surface area contributed by atoms with Gasteiger partial charge in [0.2, 0.25) is 0 Å². The second kappa shape index (κ2) is 5.00. The maximum absolute atomic E-state index is 13.8. The first kappa shape index (κ1) is 13.3. The van der Waals surface area contributed by atoms with E-state index in [-0.39, 0.29) is 17.7 Å². The molecular weight excluding hydrogens is 277 g/mol. The maximum Gasteiger partial charge on any atom is 0.169 e. The molecule has 0 spiro atoms. The Kier molecular flexibility index (Phi) is 3.31. The van der Waals surface area contributed by atoms with Gasteiger partial charge in [-0.2, -0.15) is 0 Å². The number of ether oxygens (including phenoxy) is 1. The van der Waals surface area contributed by atoms with Crippen LogP contribution in [0.15, 0.2) is 24.3 Å². The number of carbonyl (C=O) groups excluding carboxylic acids is 1. The minimum atomic E-state index is -0.294. The van der Waals surface area contributed by atoms with Gasteiger partial charge < -0.3 is 10.5 Å². The van der Waals surface area contributed by atoms with E-state index in [4.69, 9.17) is 10.5 Å². The van der Waals surface area contributed by atoms with Gasteiger partial charge in [0, 0.05) is 29.0 Å². The van der Waals surface area contributed by atoms with Gasteiger partial charge in [0.1, 0.15) is 17.7 Å². The molecule has 104 valence electrons. The second-order valence-electron chi connectivity index (χ2n) is 4.84. The Labute approximate surface area is 120 Å². The summed E-state index contributed by atoms with van der Waals surface area (Å²) >= 11 is 1.35. The molecule has 1 aromatic heterocycles. The average Bonchev–Trinajstić information content (AvgIpc) is 3.03. The highest BCUT2D eigenvalue weighted by Crippen LogP contribution is 2.42. The highest BCUT2D eigenvalue weighted by Gasteiger charge is 2.26. The molecule has 0 saturated heterocycles. The number of halogens is 1. The summed E-state index contributed by atoms with van der Waals surface area (Å²) in [5.74, 6) is 0.409. The Morgan fingerprint density at radius 3 is 2.95 bits per heavy atom. The van der Waals surface area contributed by atoms with E-state index in [1.807, 2.05) is 6.07 Å². The molecule has 1 atom stereocenters. The number of thiophene rings is 1. The Morgan fingerprint density at radius 2 is 2.30 bits per heavy atom. The highest BCUT2D eigenvalue weighted by molar-refractivity contribution is 7.17. The van der Waals surface area contributed by atoms with E-state index in [0.29, 0.717) is 29.2 Å². The van der Waals surface area contributed by atoms with Crippen LogP contribution in [0.5, 0.6) is 5.75 Å². The largest absolute Gasteiger partial charge is 0.488 e. The third kappa shape index (κ3) is 2.23. The number of nitrogens with two attached hydrogens (primary N) is 1. The molecule has 3 nitrogen and oxygen atoms in total. The molecule has 0 aliphatic carbocycles. The average molecular weight is 291 g/mol. The van der Waals surface area contributed by atoms with Gasteiger partial charge in [-0.25, -0.2) is 4.39 Å². The van der Waals surface area contributed by atoms with E-state index in [1.54, 1.807) is 6.07 Å². The van der Waals surface area contributed by atoms with Crippen molar-refractivity contribution in [3.8, 4) is 16.2 Å². The van der Waals surface area contributed by atoms with Crippen LogP contribution in [0.2, 0.25) is 0 Å². The Bertz CT molecular complexity index is 681. The third-order valence-electron chi connectivity index (χ3n) is 3.34. The van der Waals surface area contributed by atoms with Crippen molar-refractivity contribution >= 4 is 17.1 Å². The van der Waals surface area contributed by atoms with Crippen molar-refractivity contribution in [3.05, 3.63) is 40.5 Å². The molecular formula is C15H14FNO2S. The first-order valence-corrected chi connectivity index (χ1v) is 7.20. The van der Waals surface area contributed by atoms with Crippen molar-refractivity contribution < 1.29 is 13.9 Å². The molecule has 0 fully saturated rings. The van der Waals surface area contributed by atoms with Crippen LogP contribution in [-0.2, 0) is 6.42 Å². The van der Waals surface area contributed by atoms with Crippen LogP contribution < -0.4 is 10.5 Å². The van der Waals surface area contributed by atoms with E-state index >= 15 is 0 Å². The summed E-state index contributed by atoms with van der Waals surface area (Å²) < 4.78 is 19.6. The summed E-state index contributed by atoms with van der Waals surface area (Å²) in [4.78, 5) is 12.9. The summed E-state index contributed by atoms with van der Waals surface area (Å²) in [6.45, 7) is 1.92. The molecule has 2 heterocycles. The van der Waals surface area contributed by atoms with Gasteiger partial charge >= 0.3 is 0 Å². The fourth-order valence-corrected chi connectivity index (χ4v) is 3.30. The van der Waals surface area contributed by atoms with E-state index in [9.17, 15) is 9.18 Å². The quantitative estimate of drug-likeness (QED) is 0.884. The van der Waals surface area contributed by atoms with E-state index < -0.39 is 0 Å². The molecule has 1 aromatic carbocycles. The first-order chi connectivity index (χ1) is 9.58. The lowest BCUT2D eigenvalue weighted by molar-refractivity contribution is 0.102. The summed E-state index contributed by atoms with van der Waals surface area (Å²) in [5.41, 5.74) is 7.17. The van der Waals surface area contributed by atoms with Crippen molar-refractivity contribution in [2.24, 2.45) is 5.73 Å². The second-order valence-corrected chi connectivity index (χ2v) is 5.93. The molecule has 0 radical (unpaired) electrons. The number of rotatable bonds is 3. The minimum absolute atomic E-state index is 0.00931. The van der Waals surface area contributed by atoms with Crippen LogP contribution >= 0.6 is 11.3 Å². The van der Waals surface area contributed by atoms with Gasteiger partial charge in [-0.3, -0.25) is 4.79 Å². The fraction of sp³-hybridized carbons (Fsp3) is 0.267. The van der Waals surface area contributed by atoms with Gasteiger partial charge in [-0.05, 0) is 31.2 Å². The number of hydrogen-bond acceptors (Lipinski definition) is 4. The van der Waals surface area contributed by atoms with E-state index in [1.165, 1.54) is 30.4 Å². The summed E-state index contributed by atoms with van der Waals surface area (Å²) in [7, 11) is 0. The molecule has 3 rings (SSSR count). The standard InChI is InChI=1S/C15H14FNO2S/c1-8(18)13-2-3-14(20-13)12-6-10(16)4-9-5-11(7-17)19-15(9)12/h2-4,6,11H,5,7,17H2,1H3/t11-/m0/s1. The molecule has 1 aliphatic rings. The summed E-state index contributed by atoms with van der Waals surface area (Å²) in [5, 5.41) is 0. The van der Waals surface area contributed by atoms with Crippen molar-refractivity contribution in [3.63, 3.8) is 0 Å². The molecule has 0 bridgehead atoms. The van der Waals surface area contributed by atoms with Crippen LogP contribution in [0.1, 0.15) is 22.2 Å². The molecule has 1 aliphatic heterocycles. The fourth-order valence-electron chi connectivity index (χ4n) is 2.38. The SMILES string of the molecule is CC(=O)c1ccc(-c2cc(F)cc3c2O[C@H](CN)C3)s1. The van der Waals surface area contributed by atoms with Gasteiger partial charge in [0.05, 0.1) is 4.88 Å². The normalized spacial score (nSPS) is 16.9. The van der Waals surface area contributed by atoms with Crippen LogP contribution in [0.3, 0.4) is 0 Å². The number of benzene rings is 1. The predicted octanol–water partition coefficient (Wildman–Crippen LogP) is 3.02. The zero-order chi connectivity index (χ0) is 14.3. The minimum Gasteiger partial charge on any atom is -0.488 e. The monoisotopic (exact) mass is 291 g/mol.